The highest BCUT2D eigenvalue weighted by Crippen LogP contribution is 2.39. The van der Waals surface area contributed by atoms with Gasteiger partial charge in [-0.15, -0.1) is 0 Å². The van der Waals surface area contributed by atoms with E-state index in [1.54, 1.807) is 37.4 Å². The molecule has 0 radical (unpaired) electrons. The molecule has 0 spiro atoms. The van der Waals surface area contributed by atoms with Crippen molar-refractivity contribution in [2.45, 2.75) is 18.6 Å². The number of benzene rings is 1. The Morgan fingerprint density at radius 3 is 2.72 bits per heavy atom. The SMILES string of the molecule is COC1(N)C(C)=C(C(=O)[N+](=S)c2ccccc2)C=CC1c1cnco1. The number of para-hydroxylation sites is 1. The van der Waals surface area contributed by atoms with Crippen LogP contribution in [0.1, 0.15) is 18.6 Å². The predicted octanol–water partition coefficient (Wildman–Crippen LogP) is 2.55. The van der Waals surface area contributed by atoms with E-state index in [1.165, 1.54) is 17.4 Å². The number of hydrogen-bond acceptors (Lipinski definition) is 6. The Bertz CT molecular complexity index is 859. The van der Waals surface area contributed by atoms with Gasteiger partial charge in [-0.1, -0.05) is 24.3 Å². The second-order valence-electron chi connectivity index (χ2n) is 5.71. The molecule has 25 heavy (non-hydrogen) atoms. The third-order valence-electron chi connectivity index (χ3n) is 4.41. The van der Waals surface area contributed by atoms with Crippen molar-refractivity contribution in [1.29, 1.82) is 0 Å². The van der Waals surface area contributed by atoms with Crippen LogP contribution in [0, 0.1) is 0 Å². The number of amides is 1. The summed E-state index contributed by atoms with van der Waals surface area (Å²) in [6.45, 7) is 1.76. The van der Waals surface area contributed by atoms with E-state index < -0.39 is 11.6 Å². The van der Waals surface area contributed by atoms with E-state index in [4.69, 9.17) is 27.3 Å². The molecule has 1 aliphatic carbocycles. The van der Waals surface area contributed by atoms with Crippen LogP contribution >= 0.6 is 0 Å². The first-order valence-electron chi connectivity index (χ1n) is 7.67. The number of oxazole rings is 1. The van der Waals surface area contributed by atoms with E-state index in [0.29, 0.717) is 22.6 Å². The van der Waals surface area contributed by atoms with Crippen molar-refractivity contribution in [3.63, 3.8) is 0 Å². The van der Waals surface area contributed by atoms with Crippen molar-refractivity contribution in [3.8, 4) is 0 Å². The third kappa shape index (κ3) is 2.97. The van der Waals surface area contributed by atoms with Gasteiger partial charge < -0.3 is 9.15 Å². The number of carbonyl (C=O) groups is 1. The standard InChI is InChI=1S/C18H18N3O3S/c1-12-14(17(22)21(25)13-6-4-3-5-7-13)8-9-15(18(12,19)23-2)16-10-20-11-24-16/h3-11,15H,19H2,1-2H3/q+1. The molecule has 0 bridgehead atoms. The molecule has 2 N–H and O–H groups in total. The van der Waals surface area contributed by atoms with Gasteiger partial charge in [0, 0.05) is 19.2 Å². The molecule has 0 fully saturated rings. The van der Waals surface area contributed by atoms with E-state index in [1.807, 2.05) is 18.2 Å². The maximum absolute atomic E-state index is 12.9. The normalized spacial score (nSPS) is 22.9. The van der Waals surface area contributed by atoms with Crippen molar-refractivity contribution in [2.24, 2.45) is 5.73 Å². The smallest absolute Gasteiger partial charge is 0.439 e. The summed E-state index contributed by atoms with van der Waals surface area (Å²) in [4.78, 5) is 16.8. The highest BCUT2D eigenvalue weighted by Gasteiger charge is 2.44. The molecule has 1 aromatic heterocycles. The number of nitrogens with two attached hydrogens (primary N) is 1. The minimum atomic E-state index is -1.23. The zero-order valence-corrected chi connectivity index (χ0v) is 14.7. The van der Waals surface area contributed by atoms with Gasteiger partial charge in [-0.25, -0.2) is 9.78 Å². The molecule has 1 heterocycles. The number of nitrogens with zero attached hydrogens (tertiary/aromatic N) is 2. The summed E-state index contributed by atoms with van der Waals surface area (Å²) in [5.74, 6) is -0.172. The van der Waals surface area contributed by atoms with Crippen molar-refractivity contribution in [1.82, 2.24) is 4.98 Å². The highest BCUT2D eigenvalue weighted by molar-refractivity contribution is 7.44. The topological polar surface area (TPSA) is 81.4 Å². The van der Waals surface area contributed by atoms with Crippen LogP contribution in [0.25, 0.3) is 0 Å². The zero-order chi connectivity index (χ0) is 18.0. The number of hydrogen-bond donors (Lipinski definition) is 1. The Labute approximate surface area is 150 Å². The lowest BCUT2D eigenvalue weighted by Gasteiger charge is -2.37. The minimum absolute atomic E-state index is 0.335. The Morgan fingerprint density at radius 1 is 1.40 bits per heavy atom. The van der Waals surface area contributed by atoms with Gasteiger partial charge in [0.25, 0.3) is 12.4 Å². The maximum Gasteiger partial charge on any atom is 0.439 e. The van der Waals surface area contributed by atoms with Crippen molar-refractivity contribution in [2.75, 3.05) is 7.11 Å². The summed E-state index contributed by atoms with van der Waals surface area (Å²) in [5, 5.41) is 0. The Hall–Kier alpha value is -2.48. The molecule has 0 saturated carbocycles. The van der Waals surface area contributed by atoms with Crippen molar-refractivity contribution in [3.05, 3.63) is 72.0 Å². The number of methoxy groups -OCH3 is 1. The number of ether oxygens (including phenoxy) is 1. The highest BCUT2D eigenvalue weighted by atomic mass is 32.1. The summed E-state index contributed by atoms with van der Waals surface area (Å²) < 4.78 is 12.1. The van der Waals surface area contributed by atoms with Gasteiger partial charge in [0.15, 0.2) is 12.1 Å². The Morgan fingerprint density at radius 2 is 2.12 bits per heavy atom. The molecule has 0 aliphatic heterocycles. The van der Waals surface area contributed by atoms with Crippen molar-refractivity contribution < 1.29 is 17.9 Å². The van der Waals surface area contributed by atoms with Crippen molar-refractivity contribution >= 4 is 24.0 Å². The van der Waals surface area contributed by atoms with E-state index >= 15 is 0 Å². The number of carbonyl (C=O) groups excluding carboxylic acids is 1. The molecule has 6 nitrogen and oxygen atoms in total. The van der Waals surface area contributed by atoms with Crippen LogP contribution in [0.3, 0.4) is 0 Å². The van der Waals surface area contributed by atoms with Crippen LogP contribution in [0.4, 0.5) is 5.69 Å². The molecule has 1 aliphatic rings. The van der Waals surface area contributed by atoms with Gasteiger partial charge in [-0.3, -0.25) is 5.73 Å². The summed E-state index contributed by atoms with van der Waals surface area (Å²) in [5.41, 5.74) is 6.85. The molecule has 7 heteroatoms. The van der Waals surface area contributed by atoms with Crippen LogP contribution in [-0.4, -0.2) is 27.7 Å². The molecule has 2 atom stereocenters. The first kappa shape index (κ1) is 17.3. The molecule has 128 valence electrons. The van der Waals surface area contributed by atoms with Gasteiger partial charge in [0.05, 0.1) is 17.7 Å². The molecular weight excluding hydrogens is 338 g/mol. The minimum Gasteiger partial charge on any atom is -0.448 e. The Balaban J connectivity index is 1.99. The van der Waals surface area contributed by atoms with Crippen LogP contribution in [0.2, 0.25) is 0 Å². The number of rotatable bonds is 4. The van der Waals surface area contributed by atoms with Gasteiger partial charge in [-0.2, -0.15) is 0 Å². The molecule has 0 saturated heterocycles. The average molecular weight is 356 g/mol. The third-order valence-corrected chi connectivity index (χ3v) is 4.79. The molecule has 1 aromatic carbocycles. The average Bonchev–Trinajstić information content (AvgIpc) is 3.17. The zero-order valence-electron chi connectivity index (χ0n) is 13.9. The van der Waals surface area contributed by atoms with Crippen LogP contribution in [0.5, 0.6) is 0 Å². The monoisotopic (exact) mass is 356 g/mol. The molecular formula is C18H18N3O3S+. The first-order chi connectivity index (χ1) is 12.0. The van der Waals surface area contributed by atoms with Crippen LogP contribution < -0.4 is 5.73 Å². The van der Waals surface area contributed by atoms with E-state index in [-0.39, 0.29) is 5.91 Å². The molecule has 2 unspecified atom stereocenters. The maximum atomic E-state index is 12.9. The van der Waals surface area contributed by atoms with Crippen LogP contribution in [0.15, 0.2) is 70.6 Å². The lowest BCUT2D eigenvalue weighted by molar-refractivity contribution is -0.334. The predicted molar refractivity (Wildman–Crippen MR) is 93.7 cm³/mol. The van der Waals surface area contributed by atoms with Gasteiger partial charge in [-0.05, 0) is 22.5 Å². The second kappa shape index (κ2) is 6.79. The van der Waals surface area contributed by atoms with Gasteiger partial charge >= 0.3 is 5.91 Å². The Kier molecular flexibility index (Phi) is 4.71. The first-order valence-corrected chi connectivity index (χ1v) is 8.04. The molecule has 3 rings (SSSR count). The van der Waals surface area contributed by atoms with Crippen LogP contribution in [-0.2, 0) is 22.0 Å². The largest absolute Gasteiger partial charge is 0.448 e. The van der Waals surface area contributed by atoms with Gasteiger partial charge in [0.2, 0.25) is 5.69 Å². The summed E-state index contributed by atoms with van der Waals surface area (Å²) >= 11 is 5.29. The fourth-order valence-corrected chi connectivity index (χ4v) is 3.11. The van der Waals surface area contributed by atoms with E-state index in [9.17, 15) is 4.79 Å². The second-order valence-corrected chi connectivity index (χ2v) is 6.08. The lowest BCUT2D eigenvalue weighted by atomic mass is 9.80. The molecule has 1 amide bonds. The quantitative estimate of drug-likeness (QED) is 0.670. The summed E-state index contributed by atoms with van der Waals surface area (Å²) in [6, 6.07) is 9.05. The fourth-order valence-electron chi connectivity index (χ4n) is 2.89. The summed E-state index contributed by atoms with van der Waals surface area (Å²) in [6.07, 6.45) is 6.40. The fraction of sp³-hybridized carbons (Fsp3) is 0.222. The molecule has 2 aromatic rings. The summed E-state index contributed by atoms with van der Waals surface area (Å²) in [7, 11) is 1.50. The number of aromatic nitrogens is 1. The lowest BCUT2D eigenvalue weighted by Crippen LogP contribution is -2.50. The van der Waals surface area contributed by atoms with E-state index in [0.717, 1.165) is 0 Å². The van der Waals surface area contributed by atoms with E-state index in [2.05, 4.69) is 4.98 Å². The van der Waals surface area contributed by atoms with Gasteiger partial charge in [0.1, 0.15) is 5.76 Å².